The molecule has 1 unspecified atom stereocenters. The largest absolute Gasteiger partial charge is 0.394 e. The Kier molecular flexibility index (Phi) is 5.03. The van der Waals surface area contributed by atoms with Crippen LogP contribution in [0.1, 0.15) is 46.7 Å². The zero-order chi connectivity index (χ0) is 15.5. The summed E-state index contributed by atoms with van der Waals surface area (Å²) in [6, 6.07) is -0.374. The van der Waals surface area contributed by atoms with Crippen LogP contribution >= 0.6 is 0 Å². The summed E-state index contributed by atoms with van der Waals surface area (Å²) in [4.78, 5) is 12.1. The van der Waals surface area contributed by atoms with E-state index in [4.69, 9.17) is 5.73 Å². The van der Waals surface area contributed by atoms with Gasteiger partial charge in [-0.1, -0.05) is 13.3 Å². The first-order chi connectivity index (χ1) is 9.15. The number of nitrogens with two attached hydrogens (primary N) is 1. The molecular weight excluding hydrogens is 254 g/mol. The van der Waals surface area contributed by atoms with E-state index in [1.807, 2.05) is 34.7 Å². The molecule has 0 radical (unpaired) electrons. The molecule has 1 rings (SSSR count). The Morgan fingerprint density at radius 2 is 2.05 bits per heavy atom. The maximum absolute atomic E-state index is 12.1. The van der Waals surface area contributed by atoms with Gasteiger partial charge in [0.25, 0.3) is 0 Å². The highest BCUT2D eigenvalue weighted by Gasteiger charge is 2.21. The average Bonchev–Trinajstić information content (AvgIpc) is 2.55. The lowest BCUT2D eigenvalue weighted by molar-refractivity contribution is -0.122. The summed E-state index contributed by atoms with van der Waals surface area (Å²) in [5.41, 5.74) is 7.34. The van der Waals surface area contributed by atoms with Crippen LogP contribution in [0.25, 0.3) is 0 Å². The number of rotatable bonds is 5. The van der Waals surface area contributed by atoms with Gasteiger partial charge in [-0.05, 0) is 34.1 Å². The topological polar surface area (TPSA) is 85.0 Å². The molecular formula is C14H27N5O. The van der Waals surface area contributed by atoms with E-state index in [2.05, 4.69) is 22.7 Å². The second-order valence-corrected chi connectivity index (χ2v) is 6.19. The van der Waals surface area contributed by atoms with Crippen molar-refractivity contribution in [3.05, 3.63) is 5.69 Å². The molecule has 1 aromatic heterocycles. The van der Waals surface area contributed by atoms with Gasteiger partial charge in [-0.15, -0.1) is 0 Å². The van der Waals surface area contributed by atoms with Gasteiger partial charge in [0.1, 0.15) is 11.9 Å². The molecule has 0 aromatic carbocycles. The molecule has 0 aliphatic rings. The summed E-state index contributed by atoms with van der Waals surface area (Å²) in [6.07, 6.45) is 1.82. The lowest BCUT2D eigenvalue weighted by atomic mass is 10.1. The highest BCUT2D eigenvalue weighted by molar-refractivity contribution is 5.85. The number of hydrogen-bond donors (Lipinski definition) is 3. The monoisotopic (exact) mass is 281 g/mol. The minimum Gasteiger partial charge on any atom is -0.394 e. The van der Waals surface area contributed by atoms with Gasteiger partial charge in [0.05, 0.1) is 11.4 Å². The summed E-state index contributed by atoms with van der Waals surface area (Å²) >= 11 is 0. The molecule has 1 aromatic rings. The van der Waals surface area contributed by atoms with Crippen LogP contribution in [0.3, 0.4) is 0 Å². The molecule has 1 amide bonds. The third-order valence-electron chi connectivity index (χ3n) is 2.89. The SMILES string of the molecule is CCCc1nn(C)c(NC(C)C(=O)NC(C)(C)C)c1N. The van der Waals surface area contributed by atoms with Gasteiger partial charge < -0.3 is 16.4 Å². The van der Waals surface area contributed by atoms with Crippen molar-refractivity contribution in [3.8, 4) is 0 Å². The summed E-state index contributed by atoms with van der Waals surface area (Å²) in [6.45, 7) is 9.76. The Hall–Kier alpha value is -1.72. The molecule has 0 aliphatic heterocycles. The minimum absolute atomic E-state index is 0.0601. The van der Waals surface area contributed by atoms with Gasteiger partial charge in [-0.3, -0.25) is 9.48 Å². The van der Waals surface area contributed by atoms with Crippen LogP contribution in [0.15, 0.2) is 0 Å². The van der Waals surface area contributed by atoms with Crippen molar-refractivity contribution in [3.63, 3.8) is 0 Å². The van der Waals surface area contributed by atoms with E-state index in [1.165, 1.54) is 0 Å². The second kappa shape index (κ2) is 6.15. The number of carbonyl (C=O) groups is 1. The summed E-state index contributed by atoms with van der Waals surface area (Å²) < 4.78 is 1.70. The summed E-state index contributed by atoms with van der Waals surface area (Å²) in [5.74, 6) is 0.639. The lowest BCUT2D eigenvalue weighted by Crippen LogP contribution is -2.47. The molecule has 6 nitrogen and oxygen atoms in total. The average molecular weight is 281 g/mol. The van der Waals surface area contributed by atoms with Crippen LogP contribution in [0.5, 0.6) is 0 Å². The smallest absolute Gasteiger partial charge is 0.242 e. The third-order valence-corrected chi connectivity index (χ3v) is 2.89. The maximum atomic E-state index is 12.1. The molecule has 1 atom stereocenters. The van der Waals surface area contributed by atoms with Crippen LogP contribution in [0.4, 0.5) is 11.5 Å². The summed E-state index contributed by atoms with van der Waals surface area (Å²) in [5, 5.41) is 10.5. The first-order valence-electron chi connectivity index (χ1n) is 7.05. The van der Waals surface area contributed by atoms with Gasteiger partial charge in [0.2, 0.25) is 5.91 Å². The molecule has 0 saturated heterocycles. The molecule has 0 aliphatic carbocycles. The molecule has 4 N–H and O–H groups in total. The predicted octanol–water partition coefficient (Wildman–Crippen LogP) is 1.67. The fourth-order valence-corrected chi connectivity index (χ4v) is 1.94. The van der Waals surface area contributed by atoms with Crippen molar-refractivity contribution in [1.29, 1.82) is 0 Å². The Balaban J connectivity index is 2.80. The fraction of sp³-hybridized carbons (Fsp3) is 0.714. The van der Waals surface area contributed by atoms with Crippen LogP contribution < -0.4 is 16.4 Å². The fourth-order valence-electron chi connectivity index (χ4n) is 1.94. The zero-order valence-corrected chi connectivity index (χ0v) is 13.4. The van der Waals surface area contributed by atoms with Crippen molar-refractivity contribution in [2.24, 2.45) is 7.05 Å². The van der Waals surface area contributed by atoms with Crippen LogP contribution in [0, 0.1) is 0 Å². The van der Waals surface area contributed by atoms with Crippen molar-refractivity contribution in [2.75, 3.05) is 11.1 Å². The van der Waals surface area contributed by atoms with Gasteiger partial charge in [-0.25, -0.2) is 0 Å². The molecule has 0 spiro atoms. The molecule has 6 heteroatoms. The second-order valence-electron chi connectivity index (χ2n) is 6.19. The molecule has 1 heterocycles. The highest BCUT2D eigenvalue weighted by atomic mass is 16.2. The van der Waals surface area contributed by atoms with Crippen molar-refractivity contribution in [1.82, 2.24) is 15.1 Å². The molecule has 0 saturated carbocycles. The number of aromatic nitrogens is 2. The highest BCUT2D eigenvalue weighted by Crippen LogP contribution is 2.23. The van der Waals surface area contributed by atoms with Gasteiger partial charge in [0.15, 0.2) is 0 Å². The van der Waals surface area contributed by atoms with Gasteiger partial charge in [-0.2, -0.15) is 5.10 Å². The maximum Gasteiger partial charge on any atom is 0.242 e. The van der Waals surface area contributed by atoms with Crippen LogP contribution in [-0.2, 0) is 18.3 Å². The zero-order valence-electron chi connectivity index (χ0n) is 13.4. The Bertz CT molecular complexity index is 473. The van der Waals surface area contributed by atoms with Crippen molar-refractivity contribution >= 4 is 17.4 Å². The van der Waals surface area contributed by atoms with E-state index in [-0.39, 0.29) is 17.5 Å². The number of amides is 1. The van der Waals surface area contributed by atoms with E-state index in [9.17, 15) is 4.79 Å². The van der Waals surface area contributed by atoms with E-state index < -0.39 is 0 Å². The summed E-state index contributed by atoms with van der Waals surface area (Å²) in [7, 11) is 1.83. The van der Waals surface area contributed by atoms with E-state index in [0.29, 0.717) is 11.5 Å². The number of carbonyl (C=O) groups excluding carboxylic acids is 1. The first kappa shape index (κ1) is 16.3. The third kappa shape index (κ3) is 4.15. The van der Waals surface area contributed by atoms with Crippen LogP contribution in [0.2, 0.25) is 0 Å². The van der Waals surface area contributed by atoms with Crippen molar-refractivity contribution in [2.45, 2.75) is 59.0 Å². The predicted molar refractivity (Wildman–Crippen MR) is 82.6 cm³/mol. The normalized spacial score (nSPS) is 13.1. The van der Waals surface area contributed by atoms with Gasteiger partial charge >= 0.3 is 0 Å². The van der Waals surface area contributed by atoms with Gasteiger partial charge in [0, 0.05) is 12.6 Å². The Labute approximate surface area is 121 Å². The van der Waals surface area contributed by atoms with Crippen LogP contribution in [-0.4, -0.2) is 27.3 Å². The molecule has 0 bridgehead atoms. The number of nitrogens with zero attached hydrogens (tertiary/aromatic N) is 2. The Morgan fingerprint density at radius 1 is 1.45 bits per heavy atom. The van der Waals surface area contributed by atoms with Crippen molar-refractivity contribution < 1.29 is 4.79 Å². The standard InChI is InChI=1S/C14H27N5O/c1-7-8-10-11(15)12(19(6)18-10)16-9(2)13(20)17-14(3,4)5/h9,16H,7-8,15H2,1-6H3,(H,17,20). The minimum atomic E-state index is -0.374. The van der Waals surface area contributed by atoms with E-state index >= 15 is 0 Å². The number of nitrogens with one attached hydrogen (secondary N) is 2. The quantitative estimate of drug-likeness (QED) is 0.766. The molecule has 20 heavy (non-hydrogen) atoms. The number of aryl methyl sites for hydroxylation is 2. The molecule has 0 fully saturated rings. The number of hydrogen-bond acceptors (Lipinski definition) is 4. The van der Waals surface area contributed by atoms with E-state index in [1.54, 1.807) is 4.68 Å². The molecule has 114 valence electrons. The van der Waals surface area contributed by atoms with E-state index in [0.717, 1.165) is 18.5 Å². The number of anilines is 2. The first-order valence-corrected chi connectivity index (χ1v) is 7.05. The lowest BCUT2D eigenvalue weighted by Gasteiger charge is -2.24. The number of nitrogen functional groups attached to an aromatic ring is 1. The Morgan fingerprint density at radius 3 is 2.55 bits per heavy atom.